The normalized spacial score (nSPS) is 18.2. The lowest BCUT2D eigenvalue weighted by Gasteiger charge is -2.29. The summed E-state index contributed by atoms with van der Waals surface area (Å²) >= 11 is 12.1. The van der Waals surface area contributed by atoms with Crippen molar-refractivity contribution in [3.05, 3.63) is 22.2 Å². The summed E-state index contributed by atoms with van der Waals surface area (Å²) < 4.78 is 31.7. The highest BCUT2D eigenvalue weighted by Gasteiger charge is 2.31. The Hall–Kier alpha value is -0.530. The summed E-state index contributed by atoms with van der Waals surface area (Å²) in [5.74, 6) is 0.360. The quantitative estimate of drug-likeness (QED) is 0.873. The number of ether oxygens (including phenoxy) is 1. The molecular formula is C12H17Cl2N2O3S+. The van der Waals surface area contributed by atoms with Crippen LogP contribution in [-0.2, 0) is 10.0 Å². The minimum Gasteiger partial charge on any atom is -0.495 e. The summed E-state index contributed by atoms with van der Waals surface area (Å²) in [7, 11) is -0.119. The summed E-state index contributed by atoms with van der Waals surface area (Å²) in [6, 6.07) is 2.95. The Morgan fingerprint density at radius 1 is 1.20 bits per heavy atom. The second-order valence-corrected chi connectivity index (χ2v) is 7.42. The Bertz CT molecular complexity index is 599. The SMILES string of the molecule is COc1ccc(S(=O)(=O)N2CC[NH+](C)CC2)c(Cl)c1Cl. The monoisotopic (exact) mass is 339 g/mol. The topological polar surface area (TPSA) is 51.1 Å². The Labute approximate surface area is 129 Å². The van der Waals surface area contributed by atoms with Gasteiger partial charge in [-0.2, -0.15) is 4.31 Å². The maximum absolute atomic E-state index is 12.6. The van der Waals surface area contributed by atoms with Crippen LogP contribution in [0, 0.1) is 0 Å². The van der Waals surface area contributed by atoms with Crippen LogP contribution in [0.5, 0.6) is 5.75 Å². The van der Waals surface area contributed by atoms with Crippen LogP contribution in [0.25, 0.3) is 0 Å². The van der Waals surface area contributed by atoms with Gasteiger partial charge in [0.2, 0.25) is 10.0 Å². The van der Waals surface area contributed by atoms with E-state index in [2.05, 4.69) is 0 Å². The first-order valence-electron chi connectivity index (χ1n) is 6.21. The van der Waals surface area contributed by atoms with Crippen molar-refractivity contribution in [1.29, 1.82) is 0 Å². The second kappa shape index (κ2) is 6.07. The molecule has 112 valence electrons. The number of halogens is 2. The molecule has 0 spiro atoms. The Balaban J connectivity index is 2.37. The van der Waals surface area contributed by atoms with Crippen LogP contribution in [0.1, 0.15) is 0 Å². The molecule has 5 nitrogen and oxygen atoms in total. The predicted molar refractivity (Wildman–Crippen MR) is 78.4 cm³/mol. The van der Waals surface area contributed by atoms with E-state index in [9.17, 15) is 8.42 Å². The van der Waals surface area contributed by atoms with E-state index < -0.39 is 10.0 Å². The standard InChI is InChI=1S/C12H16Cl2N2O3S/c1-15-5-7-16(8-6-15)20(17,18)10-4-3-9(19-2)11(13)12(10)14/h3-4H,5-8H2,1-2H3/p+1. The predicted octanol–water partition coefficient (Wildman–Crippen LogP) is 0.521. The summed E-state index contributed by atoms with van der Waals surface area (Å²) in [6.07, 6.45) is 0. The number of likely N-dealkylation sites (N-methyl/N-ethyl adjacent to an activating group) is 1. The van der Waals surface area contributed by atoms with Crippen LogP contribution in [0.2, 0.25) is 10.0 Å². The van der Waals surface area contributed by atoms with Crippen LogP contribution in [0.15, 0.2) is 17.0 Å². The van der Waals surface area contributed by atoms with E-state index in [-0.39, 0.29) is 14.9 Å². The molecule has 1 fully saturated rings. The van der Waals surface area contributed by atoms with Crippen LogP contribution in [-0.4, -0.2) is 53.1 Å². The molecule has 1 aromatic carbocycles. The van der Waals surface area contributed by atoms with Crippen molar-refractivity contribution in [2.45, 2.75) is 4.90 Å². The molecule has 0 unspecified atom stereocenters. The third-order valence-electron chi connectivity index (χ3n) is 3.43. The van der Waals surface area contributed by atoms with E-state index in [0.29, 0.717) is 18.8 Å². The minimum atomic E-state index is -3.62. The highest BCUT2D eigenvalue weighted by molar-refractivity contribution is 7.89. The highest BCUT2D eigenvalue weighted by Crippen LogP contribution is 2.37. The Kier molecular flexibility index (Phi) is 4.81. The average molecular weight is 340 g/mol. The van der Waals surface area contributed by atoms with Gasteiger partial charge in [-0.05, 0) is 12.1 Å². The smallest absolute Gasteiger partial charge is 0.245 e. The van der Waals surface area contributed by atoms with Crippen LogP contribution in [0.3, 0.4) is 0 Å². The Morgan fingerprint density at radius 2 is 1.80 bits per heavy atom. The van der Waals surface area contributed by atoms with E-state index in [4.69, 9.17) is 27.9 Å². The first kappa shape index (κ1) is 15.9. The van der Waals surface area contributed by atoms with Gasteiger partial charge in [0.25, 0.3) is 0 Å². The number of sulfonamides is 1. The lowest BCUT2D eigenvalue weighted by molar-refractivity contribution is -0.883. The maximum atomic E-state index is 12.6. The minimum absolute atomic E-state index is 0.0114. The molecule has 8 heteroatoms. The number of nitrogens with one attached hydrogen (secondary N) is 1. The molecule has 0 aliphatic carbocycles. The van der Waals surface area contributed by atoms with Crippen molar-refractivity contribution in [2.24, 2.45) is 0 Å². The molecule has 1 N–H and O–H groups in total. The summed E-state index contributed by atoms with van der Waals surface area (Å²) in [5, 5.41) is 0.132. The molecule has 0 aromatic heterocycles. The molecule has 1 aromatic rings. The number of rotatable bonds is 3. The van der Waals surface area contributed by atoms with Gasteiger partial charge in [-0.25, -0.2) is 8.42 Å². The second-order valence-electron chi connectivity index (χ2n) is 4.76. The number of benzene rings is 1. The van der Waals surface area contributed by atoms with Crippen molar-refractivity contribution >= 4 is 33.2 Å². The summed E-state index contributed by atoms with van der Waals surface area (Å²) in [4.78, 5) is 1.35. The van der Waals surface area contributed by atoms with Gasteiger partial charge in [0, 0.05) is 0 Å². The van der Waals surface area contributed by atoms with Gasteiger partial charge in [0.05, 0.1) is 45.4 Å². The molecule has 0 bridgehead atoms. The van der Waals surface area contributed by atoms with Gasteiger partial charge < -0.3 is 9.64 Å². The molecule has 20 heavy (non-hydrogen) atoms. The highest BCUT2D eigenvalue weighted by atomic mass is 35.5. The van der Waals surface area contributed by atoms with Gasteiger partial charge in [0.1, 0.15) is 15.7 Å². The van der Waals surface area contributed by atoms with Gasteiger partial charge in [0.15, 0.2) is 0 Å². The molecule has 1 heterocycles. The van der Waals surface area contributed by atoms with Crippen molar-refractivity contribution in [2.75, 3.05) is 40.3 Å². The van der Waals surface area contributed by atoms with E-state index >= 15 is 0 Å². The summed E-state index contributed by atoms with van der Waals surface area (Å²) in [6.45, 7) is 2.52. The molecule has 2 rings (SSSR count). The van der Waals surface area contributed by atoms with Crippen LogP contribution in [0.4, 0.5) is 0 Å². The number of methoxy groups -OCH3 is 1. The zero-order chi connectivity index (χ0) is 14.9. The van der Waals surface area contributed by atoms with Gasteiger partial charge >= 0.3 is 0 Å². The average Bonchev–Trinajstić information content (AvgIpc) is 2.42. The lowest BCUT2D eigenvalue weighted by Crippen LogP contribution is -3.12. The number of piperazine rings is 1. The van der Waals surface area contributed by atoms with E-state index in [1.54, 1.807) is 0 Å². The third kappa shape index (κ3) is 2.89. The van der Waals surface area contributed by atoms with Crippen molar-refractivity contribution < 1.29 is 18.1 Å². The largest absolute Gasteiger partial charge is 0.495 e. The fourth-order valence-corrected chi connectivity index (χ4v) is 4.37. The van der Waals surface area contributed by atoms with Gasteiger partial charge in [-0.1, -0.05) is 23.2 Å². The Morgan fingerprint density at radius 3 is 2.35 bits per heavy atom. The zero-order valence-corrected chi connectivity index (χ0v) is 13.6. The fraction of sp³-hybridized carbons (Fsp3) is 0.500. The van der Waals surface area contributed by atoms with E-state index in [1.165, 1.54) is 28.4 Å². The van der Waals surface area contributed by atoms with Crippen molar-refractivity contribution in [1.82, 2.24) is 4.31 Å². The summed E-state index contributed by atoms with van der Waals surface area (Å²) in [5.41, 5.74) is 0. The molecule has 1 saturated heterocycles. The molecule has 1 aliphatic rings. The van der Waals surface area contributed by atoms with Gasteiger partial charge in [-0.3, -0.25) is 0 Å². The zero-order valence-electron chi connectivity index (χ0n) is 11.3. The van der Waals surface area contributed by atoms with E-state index in [1.807, 2.05) is 7.05 Å². The molecule has 1 aliphatic heterocycles. The van der Waals surface area contributed by atoms with Crippen molar-refractivity contribution in [3.63, 3.8) is 0 Å². The maximum Gasteiger partial charge on any atom is 0.245 e. The number of quaternary nitrogens is 1. The van der Waals surface area contributed by atoms with Crippen molar-refractivity contribution in [3.8, 4) is 5.75 Å². The number of hydrogen-bond acceptors (Lipinski definition) is 3. The molecule has 0 atom stereocenters. The number of hydrogen-bond donors (Lipinski definition) is 1. The molecule has 0 saturated carbocycles. The molecule has 0 amide bonds. The van der Waals surface area contributed by atoms with Crippen LogP contribution < -0.4 is 9.64 Å². The molecule has 0 radical (unpaired) electrons. The van der Waals surface area contributed by atoms with E-state index in [0.717, 1.165) is 13.1 Å². The fourth-order valence-electron chi connectivity index (χ4n) is 2.12. The number of nitrogens with zero attached hydrogens (tertiary/aromatic N) is 1. The first-order chi connectivity index (χ1) is 9.37. The van der Waals surface area contributed by atoms with Gasteiger partial charge in [-0.15, -0.1) is 0 Å². The first-order valence-corrected chi connectivity index (χ1v) is 8.41. The lowest BCUT2D eigenvalue weighted by atomic mass is 10.3. The van der Waals surface area contributed by atoms with Crippen LogP contribution >= 0.6 is 23.2 Å². The third-order valence-corrected chi connectivity index (χ3v) is 6.34. The molecular weight excluding hydrogens is 323 g/mol.